The molecule has 0 radical (unpaired) electrons. The second-order valence-corrected chi connectivity index (χ2v) is 8.06. The number of hydrogen-bond donors (Lipinski definition) is 2. The predicted octanol–water partition coefficient (Wildman–Crippen LogP) is 3.24. The maximum absolute atomic E-state index is 5.28. The molecule has 28 heavy (non-hydrogen) atoms. The highest BCUT2D eigenvalue weighted by Crippen LogP contribution is 2.15. The molecule has 0 saturated carbocycles. The molecule has 0 bridgehead atoms. The molecule has 9 heteroatoms. The maximum atomic E-state index is 5.28. The molecule has 1 fully saturated rings. The Labute approximate surface area is 188 Å². The summed E-state index contributed by atoms with van der Waals surface area (Å²) in [6.07, 6.45) is 2.96. The average molecular weight is 518 g/mol. The van der Waals surface area contributed by atoms with Gasteiger partial charge in [-0.15, -0.1) is 24.0 Å². The first-order valence-electron chi connectivity index (χ1n) is 9.67. The topological polar surface area (TPSA) is 78.6 Å². The van der Waals surface area contributed by atoms with Crippen molar-refractivity contribution in [3.8, 4) is 0 Å². The Morgan fingerprint density at radius 1 is 1.39 bits per heavy atom. The van der Waals surface area contributed by atoms with Gasteiger partial charge in [-0.25, -0.2) is 0 Å². The third kappa shape index (κ3) is 7.00. The van der Waals surface area contributed by atoms with Crippen molar-refractivity contribution in [1.29, 1.82) is 0 Å². The molecule has 7 nitrogen and oxygen atoms in total. The molecule has 0 atom stereocenters. The monoisotopic (exact) mass is 518 g/mol. The van der Waals surface area contributed by atoms with E-state index in [-0.39, 0.29) is 29.9 Å². The zero-order valence-electron chi connectivity index (χ0n) is 16.9. The van der Waals surface area contributed by atoms with E-state index in [4.69, 9.17) is 4.52 Å². The minimum absolute atomic E-state index is 0. The van der Waals surface area contributed by atoms with Crippen molar-refractivity contribution in [3.63, 3.8) is 0 Å². The fourth-order valence-corrected chi connectivity index (χ4v) is 3.82. The maximum Gasteiger partial charge on any atom is 0.228 e. The standard InChI is InChI=1S/C19H30N6OS.HI/c1-14(2)18-23-17(26-24-18)4-8-21-19(20-3)22-16-5-9-25(10-6-16)12-15-7-11-27-13-15;/h7,11,13-14,16H,4-6,8-10,12H2,1-3H3,(H2,20,21,22);1H. The highest BCUT2D eigenvalue weighted by atomic mass is 127. The lowest BCUT2D eigenvalue weighted by molar-refractivity contribution is 0.198. The molecule has 2 aromatic rings. The van der Waals surface area contributed by atoms with Gasteiger partial charge in [-0.05, 0) is 35.2 Å². The van der Waals surface area contributed by atoms with Gasteiger partial charge in [0.15, 0.2) is 11.8 Å². The van der Waals surface area contributed by atoms with Crippen LogP contribution in [-0.2, 0) is 13.0 Å². The number of thiophene rings is 1. The van der Waals surface area contributed by atoms with E-state index in [1.807, 2.05) is 7.05 Å². The van der Waals surface area contributed by atoms with Gasteiger partial charge in [-0.1, -0.05) is 19.0 Å². The molecule has 1 saturated heterocycles. The number of likely N-dealkylation sites (tertiary alicyclic amines) is 1. The SMILES string of the molecule is CN=C(NCCc1nc(C(C)C)no1)NC1CCN(Cc2ccsc2)CC1.I. The van der Waals surface area contributed by atoms with Crippen LogP contribution in [0, 0.1) is 0 Å². The van der Waals surface area contributed by atoms with Crippen LogP contribution in [0.3, 0.4) is 0 Å². The number of aromatic nitrogens is 2. The zero-order chi connectivity index (χ0) is 19.1. The lowest BCUT2D eigenvalue weighted by atomic mass is 10.0. The van der Waals surface area contributed by atoms with E-state index in [0.29, 0.717) is 18.4 Å². The number of hydrogen-bond acceptors (Lipinski definition) is 6. The van der Waals surface area contributed by atoms with E-state index in [2.05, 4.69) is 61.3 Å². The number of guanidine groups is 1. The number of rotatable bonds is 7. The molecule has 2 aromatic heterocycles. The van der Waals surface area contributed by atoms with Gasteiger partial charge in [0.1, 0.15) is 0 Å². The third-order valence-corrected chi connectivity index (χ3v) is 5.50. The van der Waals surface area contributed by atoms with Crippen LogP contribution in [0.4, 0.5) is 0 Å². The van der Waals surface area contributed by atoms with Crippen LogP contribution in [0.5, 0.6) is 0 Å². The number of nitrogens with one attached hydrogen (secondary N) is 2. The molecule has 0 aliphatic carbocycles. The largest absolute Gasteiger partial charge is 0.356 e. The molecule has 1 aliphatic heterocycles. The summed E-state index contributed by atoms with van der Waals surface area (Å²) in [5, 5.41) is 15.3. The van der Waals surface area contributed by atoms with E-state index in [1.165, 1.54) is 5.56 Å². The zero-order valence-corrected chi connectivity index (χ0v) is 20.0. The molecule has 2 N–H and O–H groups in total. The van der Waals surface area contributed by atoms with E-state index in [9.17, 15) is 0 Å². The van der Waals surface area contributed by atoms with E-state index >= 15 is 0 Å². The molecular formula is C19H31IN6OS. The van der Waals surface area contributed by atoms with Crippen LogP contribution in [-0.4, -0.2) is 53.7 Å². The summed E-state index contributed by atoms with van der Waals surface area (Å²) in [4.78, 5) is 11.3. The van der Waals surface area contributed by atoms with Gasteiger partial charge < -0.3 is 15.2 Å². The summed E-state index contributed by atoms with van der Waals surface area (Å²) in [5.41, 5.74) is 1.42. The normalized spacial score (nSPS) is 16.2. The summed E-state index contributed by atoms with van der Waals surface area (Å²) in [7, 11) is 1.81. The Morgan fingerprint density at radius 3 is 2.79 bits per heavy atom. The van der Waals surface area contributed by atoms with Crippen molar-refractivity contribution in [1.82, 2.24) is 25.7 Å². The molecular weight excluding hydrogens is 487 g/mol. The minimum Gasteiger partial charge on any atom is -0.356 e. The Bertz CT molecular complexity index is 710. The molecule has 0 aromatic carbocycles. The van der Waals surface area contributed by atoms with Gasteiger partial charge in [0.2, 0.25) is 5.89 Å². The summed E-state index contributed by atoms with van der Waals surface area (Å²) >= 11 is 1.77. The highest BCUT2D eigenvalue weighted by Gasteiger charge is 2.20. The molecule has 0 spiro atoms. The van der Waals surface area contributed by atoms with Crippen molar-refractivity contribution in [3.05, 3.63) is 34.1 Å². The average Bonchev–Trinajstić information content (AvgIpc) is 3.34. The predicted molar refractivity (Wildman–Crippen MR) is 125 cm³/mol. The first-order valence-corrected chi connectivity index (χ1v) is 10.6. The Hall–Kier alpha value is -1.20. The van der Waals surface area contributed by atoms with E-state index in [0.717, 1.165) is 50.8 Å². The molecule has 3 heterocycles. The van der Waals surface area contributed by atoms with Gasteiger partial charge in [-0.2, -0.15) is 16.3 Å². The lowest BCUT2D eigenvalue weighted by Gasteiger charge is -2.32. The van der Waals surface area contributed by atoms with Gasteiger partial charge in [0.25, 0.3) is 0 Å². The number of piperidine rings is 1. The van der Waals surface area contributed by atoms with Crippen molar-refractivity contribution < 1.29 is 4.52 Å². The van der Waals surface area contributed by atoms with Crippen molar-refractivity contribution >= 4 is 41.3 Å². The fraction of sp³-hybridized carbons (Fsp3) is 0.632. The van der Waals surface area contributed by atoms with Crippen LogP contribution in [0.2, 0.25) is 0 Å². The van der Waals surface area contributed by atoms with Crippen LogP contribution < -0.4 is 10.6 Å². The first-order chi connectivity index (χ1) is 13.1. The number of nitrogens with zero attached hydrogens (tertiary/aromatic N) is 4. The van der Waals surface area contributed by atoms with E-state index < -0.39 is 0 Å². The highest BCUT2D eigenvalue weighted by molar-refractivity contribution is 14.0. The third-order valence-electron chi connectivity index (χ3n) is 4.77. The molecule has 156 valence electrons. The summed E-state index contributed by atoms with van der Waals surface area (Å²) < 4.78 is 5.28. The summed E-state index contributed by atoms with van der Waals surface area (Å²) in [6, 6.07) is 2.68. The Balaban J connectivity index is 0.00000280. The number of aliphatic imine (C=N–C) groups is 1. The summed E-state index contributed by atoms with van der Waals surface area (Å²) in [5.74, 6) is 2.57. The fourth-order valence-electron chi connectivity index (χ4n) is 3.16. The van der Waals surface area contributed by atoms with Crippen LogP contribution in [0.25, 0.3) is 0 Å². The van der Waals surface area contributed by atoms with Crippen LogP contribution >= 0.6 is 35.3 Å². The lowest BCUT2D eigenvalue weighted by Crippen LogP contribution is -2.48. The van der Waals surface area contributed by atoms with Gasteiger partial charge in [0, 0.05) is 51.6 Å². The van der Waals surface area contributed by atoms with Crippen LogP contribution in [0.1, 0.15) is 49.9 Å². The van der Waals surface area contributed by atoms with Crippen molar-refractivity contribution in [2.75, 3.05) is 26.7 Å². The first kappa shape index (κ1) is 23.1. The number of halogens is 1. The van der Waals surface area contributed by atoms with Crippen molar-refractivity contribution in [2.24, 2.45) is 4.99 Å². The van der Waals surface area contributed by atoms with E-state index in [1.54, 1.807) is 11.3 Å². The second kappa shape index (κ2) is 11.7. The Kier molecular flexibility index (Phi) is 9.66. The Morgan fingerprint density at radius 2 is 2.18 bits per heavy atom. The quantitative estimate of drug-likeness (QED) is 0.333. The molecule has 3 rings (SSSR count). The molecule has 1 aliphatic rings. The smallest absolute Gasteiger partial charge is 0.228 e. The molecule has 0 unspecified atom stereocenters. The second-order valence-electron chi connectivity index (χ2n) is 7.28. The van der Waals surface area contributed by atoms with Gasteiger partial charge >= 0.3 is 0 Å². The van der Waals surface area contributed by atoms with Gasteiger partial charge in [0.05, 0.1) is 0 Å². The summed E-state index contributed by atoms with van der Waals surface area (Å²) in [6.45, 7) is 8.13. The van der Waals surface area contributed by atoms with Crippen LogP contribution in [0.15, 0.2) is 26.3 Å². The van der Waals surface area contributed by atoms with Crippen molar-refractivity contribution in [2.45, 2.75) is 51.6 Å². The molecule has 0 amide bonds. The minimum atomic E-state index is 0. The van der Waals surface area contributed by atoms with Gasteiger partial charge in [-0.3, -0.25) is 9.89 Å².